The third kappa shape index (κ3) is 3.73. The van der Waals surface area contributed by atoms with E-state index in [1.54, 1.807) is 12.3 Å². The molecule has 1 aliphatic carbocycles. The van der Waals surface area contributed by atoms with Gasteiger partial charge in [0.2, 0.25) is 0 Å². The van der Waals surface area contributed by atoms with E-state index in [9.17, 15) is 4.39 Å². The monoisotopic (exact) mass is 406 g/mol. The number of aromatic nitrogens is 2. The second-order valence-electron chi connectivity index (χ2n) is 8.34. The number of nitrogens with one attached hydrogen (secondary N) is 1. The number of H-pyrrole nitrogens is 1. The van der Waals surface area contributed by atoms with Crippen molar-refractivity contribution in [2.75, 3.05) is 13.1 Å². The van der Waals surface area contributed by atoms with Gasteiger partial charge < -0.3 is 10.5 Å². The molecular formula is C24H27FN4O. The zero-order chi connectivity index (χ0) is 20.5. The highest BCUT2D eigenvalue weighted by Gasteiger charge is 2.37. The Morgan fingerprint density at radius 3 is 2.87 bits per heavy atom. The smallest absolute Gasteiger partial charge is 0.139 e. The Balaban J connectivity index is 1.53. The second kappa shape index (κ2) is 8.20. The second-order valence-corrected chi connectivity index (χ2v) is 8.34. The SMILES string of the molecule is N[C@@H]1CCCN([C@H]2CCc3ccccc3[C@@H]2Oc2ccc(F)cc2-c2cc[nH]n2)C1. The Labute approximate surface area is 176 Å². The molecule has 5 nitrogen and oxygen atoms in total. The van der Waals surface area contributed by atoms with Gasteiger partial charge in [-0.05, 0) is 67.6 Å². The predicted octanol–water partition coefficient (Wildman–Crippen LogP) is 4.07. The van der Waals surface area contributed by atoms with E-state index in [1.807, 2.05) is 6.07 Å². The minimum absolute atomic E-state index is 0.136. The van der Waals surface area contributed by atoms with Crippen molar-refractivity contribution < 1.29 is 9.13 Å². The summed E-state index contributed by atoms with van der Waals surface area (Å²) in [5, 5.41) is 7.06. The quantitative estimate of drug-likeness (QED) is 0.685. The predicted molar refractivity (Wildman–Crippen MR) is 115 cm³/mol. The lowest BCUT2D eigenvalue weighted by Crippen LogP contribution is -2.51. The van der Waals surface area contributed by atoms with Crippen molar-refractivity contribution in [3.8, 4) is 17.0 Å². The summed E-state index contributed by atoms with van der Waals surface area (Å²) in [6, 6.07) is 15.4. The van der Waals surface area contributed by atoms with E-state index in [4.69, 9.17) is 10.5 Å². The Kier molecular flexibility index (Phi) is 5.27. The number of hydrogen-bond acceptors (Lipinski definition) is 4. The van der Waals surface area contributed by atoms with Gasteiger partial charge >= 0.3 is 0 Å². The topological polar surface area (TPSA) is 67.2 Å². The first-order valence-electron chi connectivity index (χ1n) is 10.7. The number of aromatic amines is 1. The molecule has 2 aliphatic rings. The Morgan fingerprint density at radius 1 is 1.13 bits per heavy atom. The highest BCUT2D eigenvalue weighted by molar-refractivity contribution is 5.67. The first-order chi connectivity index (χ1) is 14.7. The van der Waals surface area contributed by atoms with E-state index in [-0.39, 0.29) is 24.0 Å². The highest BCUT2D eigenvalue weighted by atomic mass is 19.1. The number of halogens is 1. The molecule has 0 saturated carbocycles. The number of nitrogens with two attached hydrogens (primary N) is 1. The third-order valence-corrected chi connectivity index (χ3v) is 6.35. The average Bonchev–Trinajstić information content (AvgIpc) is 3.30. The first kappa shape index (κ1) is 19.3. The van der Waals surface area contributed by atoms with E-state index in [0.717, 1.165) is 38.8 Å². The van der Waals surface area contributed by atoms with E-state index in [2.05, 4.69) is 39.4 Å². The molecule has 0 unspecified atom stereocenters. The summed E-state index contributed by atoms with van der Waals surface area (Å²) in [7, 11) is 0. The minimum atomic E-state index is -0.303. The van der Waals surface area contributed by atoms with Crippen LogP contribution in [0.3, 0.4) is 0 Å². The van der Waals surface area contributed by atoms with Crippen LogP contribution in [0, 0.1) is 5.82 Å². The zero-order valence-electron chi connectivity index (χ0n) is 16.9. The maximum absolute atomic E-state index is 14.1. The van der Waals surface area contributed by atoms with Crippen LogP contribution >= 0.6 is 0 Å². The van der Waals surface area contributed by atoms with Crippen molar-refractivity contribution >= 4 is 0 Å². The van der Waals surface area contributed by atoms with E-state index in [0.29, 0.717) is 17.0 Å². The van der Waals surface area contributed by atoms with Crippen LogP contribution in [0.1, 0.15) is 36.5 Å². The molecule has 3 aromatic rings. The zero-order valence-corrected chi connectivity index (χ0v) is 16.9. The molecule has 3 N–H and O–H groups in total. The van der Waals surface area contributed by atoms with Crippen molar-refractivity contribution in [3.05, 3.63) is 71.7 Å². The molecule has 2 aromatic carbocycles. The van der Waals surface area contributed by atoms with Crippen LogP contribution in [0.5, 0.6) is 5.75 Å². The molecule has 0 spiro atoms. The summed E-state index contributed by atoms with van der Waals surface area (Å²) in [6.07, 6.45) is 5.84. The molecule has 1 aromatic heterocycles. The molecule has 1 aliphatic heterocycles. The van der Waals surface area contributed by atoms with Gasteiger partial charge in [0.1, 0.15) is 17.7 Å². The molecule has 5 rings (SSSR count). The van der Waals surface area contributed by atoms with Crippen LogP contribution in [-0.2, 0) is 6.42 Å². The van der Waals surface area contributed by atoms with Crippen LogP contribution in [0.2, 0.25) is 0 Å². The van der Waals surface area contributed by atoms with Crippen LogP contribution in [0.4, 0.5) is 4.39 Å². The van der Waals surface area contributed by atoms with Crippen molar-refractivity contribution in [2.45, 2.75) is 43.9 Å². The summed E-state index contributed by atoms with van der Waals surface area (Å²) in [5.74, 6) is 0.347. The summed E-state index contributed by atoms with van der Waals surface area (Å²) >= 11 is 0. The first-order valence-corrected chi connectivity index (χ1v) is 10.7. The third-order valence-electron chi connectivity index (χ3n) is 6.35. The fourth-order valence-corrected chi connectivity index (χ4v) is 4.91. The van der Waals surface area contributed by atoms with Gasteiger partial charge in [-0.25, -0.2) is 4.39 Å². The number of ether oxygens (including phenoxy) is 1. The van der Waals surface area contributed by atoms with E-state index < -0.39 is 0 Å². The van der Waals surface area contributed by atoms with Gasteiger partial charge in [-0.3, -0.25) is 10.00 Å². The molecule has 1 fully saturated rings. The standard InChI is InChI=1S/C24H27FN4O/c25-17-8-10-23(20(14-17)21-11-12-27-28-21)30-24-19-6-2-1-4-16(19)7-9-22(24)29-13-3-5-18(26)15-29/h1-2,4,6,8,10-12,14,18,22,24H,3,5,7,9,13,15,26H2,(H,27,28)/t18-,22+,24+/m1/s1. The van der Waals surface area contributed by atoms with Gasteiger partial charge in [0, 0.05) is 24.3 Å². The Hall–Kier alpha value is -2.70. The maximum Gasteiger partial charge on any atom is 0.139 e. The van der Waals surface area contributed by atoms with Gasteiger partial charge in [-0.15, -0.1) is 0 Å². The fraction of sp³-hybridized carbons (Fsp3) is 0.375. The van der Waals surface area contributed by atoms with Crippen molar-refractivity contribution in [2.24, 2.45) is 5.73 Å². The lowest BCUT2D eigenvalue weighted by molar-refractivity contribution is 0.0370. The summed E-state index contributed by atoms with van der Waals surface area (Å²) in [5.41, 5.74) is 10.2. The number of nitrogens with zero attached hydrogens (tertiary/aromatic N) is 2. The Bertz CT molecular complexity index is 1010. The molecule has 6 heteroatoms. The molecule has 2 heterocycles. The molecule has 0 bridgehead atoms. The summed E-state index contributed by atoms with van der Waals surface area (Å²) in [4.78, 5) is 2.49. The Morgan fingerprint density at radius 2 is 2.03 bits per heavy atom. The van der Waals surface area contributed by atoms with Crippen molar-refractivity contribution in [1.29, 1.82) is 0 Å². The summed E-state index contributed by atoms with van der Waals surface area (Å²) in [6.45, 7) is 1.93. The van der Waals surface area contributed by atoms with Crippen LogP contribution in [-0.4, -0.2) is 40.3 Å². The van der Waals surface area contributed by atoms with Crippen molar-refractivity contribution in [3.63, 3.8) is 0 Å². The normalized spacial score (nSPS) is 24.4. The van der Waals surface area contributed by atoms with Gasteiger partial charge in [-0.2, -0.15) is 5.10 Å². The number of benzene rings is 2. The van der Waals surface area contributed by atoms with Crippen molar-refractivity contribution in [1.82, 2.24) is 15.1 Å². The van der Waals surface area contributed by atoms with E-state index in [1.165, 1.54) is 23.3 Å². The van der Waals surface area contributed by atoms with Crippen LogP contribution < -0.4 is 10.5 Å². The molecule has 0 amide bonds. The van der Waals surface area contributed by atoms with Gasteiger partial charge in [0.05, 0.1) is 11.7 Å². The van der Waals surface area contributed by atoms with Gasteiger partial charge in [0.25, 0.3) is 0 Å². The number of likely N-dealkylation sites (tertiary alicyclic amines) is 1. The number of hydrogen-bond donors (Lipinski definition) is 2. The molecule has 30 heavy (non-hydrogen) atoms. The lowest BCUT2D eigenvalue weighted by Gasteiger charge is -2.43. The minimum Gasteiger partial charge on any atom is -0.483 e. The molecule has 1 saturated heterocycles. The molecule has 156 valence electrons. The van der Waals surface area contributed by atoms with Gasteiger partial charge in [0.15, 0.2) is 0 Å². The van der Waals surface area contributed by atoms with E-state index >= 15 is 0 Å². The maximum atomic E-state index is 14.1. The molecule has 0 radical (unpaired) electrons. The largest absolute Gasteiger partial charge is 0.483 e. The lowest BCUT2D eigenvalue weighted by atomic mass is 9.84. The van der Waals surface area contributed by atoms with Crippen LogP contribution in [0.15, 0.2) is 54.7 Å². The summed E-state index contributed by atoms with van der Waals surface area (Å²) < 4.78 is 20.7. The number of aryl methyl sites for hydroxylation is 1. The number of piperidine rings is 1. The average molecular weight is 407 g/mol. The van der Waals surface area contributed by atoms with Gasteiger partial charge in [-0.1, -0.05) is 24.3 Å². The van der Waals surface area contributed by atoms with Crippen LogP contribution in [0.25, 0.3) is 11.3 Å². The fourth-order valence-electron chi connectivity index (χ4n) is 4.91. The molecular weight excluding hydrogens is 379 g/mol. The highest BCUT2D eigenvalue weighted by Crippen LogP contribution is 2.40. The number of fused-ring (bicyclic) bond motifs is 1. The number of rotatable bonds is 4. The molecule has 3 atom stereocenters.